The smallest absolute Gasteiger partial charge is 0.326 e. The van der Waals surface area contributed by atoms with Crippen molar-refractivity contribution in [1.29, 1.82) is 0 Å². The number of pyridine rings is 2. The van der Waals surface area contributed by atoms with Crippen molar-refractivity contribution >= 4 is 39.5 Å². The number of carboxylic acids is 1. The molecule has 3 atom stereocenters. The molecular weight excluding hydrogens is 666 g/mol. The molecule has 0 bridgehead atoms. The van der Waals surface area contributed by atoms with E-state index in [4.69, 9.17) is 23.4 Å². The number of carbonyl (C=O) groups is 1. The summed E-state index contributed by atoms with van der Waals surface area (Å²) in [6.45, 7) is 3.93. The minimum Gasteiger partial charge on any atom is -0.480 e. The number of halogens is 2. The largest absolute Gasteiger partial charge is 0.480 e. The zero-order valence-electron chi connectivity index (χ0n) is 27.6. The van der Waals surface area contributed by atoms with E-state index < -0.39 is 36.0 Å². The first-order valence-corrected chi connectivity index (χ1v) is 16.4. The van der Waals surface area contributed by atoms with Gasteiger partial charge in [0.2, 0.25) is 11.8 Å². The van der Waals surface area contributed by atoms with Crippen LogP contribution >= 0.6 is 0 Å². The standard InChI is InChI=1S/C36H32F2N6O7/c1-20-36(18-48-19-36)49-13-12-43(20)25-14-21(9-10-22-6-5-11-39-33(22)47-2)16-40-34(25)50-23-15-26(35(45)46)44(17-23)32-29-28(41-31(42-32)30(37)38)24-7-3-4-8-27(24)51-29/h3-8,11,14,16,20,23,26,30H,12-13,15,17-19H2,1-2H3,(H,45,46)/t20-,23-,26-/m0/s1. The van der Waals surface area contributed by atoms with Crippen LogP contribution in [0.3, 0.4) is 0 Å². The second-order valence-corrected chi connectivity index (χ2v) is 12.6. The van der Waals surface area contributed by atoms with E-state index in [0.717, 1.165) is 0 Å². The fraction of sp³-hybridized carbons (Fsp3) is 0.361. The van der Waals surface area contributed by atoms with Gasteiger partial charge in [-0.05, 0) is 37.3 Å². The Kier molecular flexibility index (Phi) is 8.27. The number of methoxy groups -OCH3 is 1. The van der Waals surface area contributed by atoms with Gasteiger partial charge in [0.1, 0.15) is 34.5 Å². The molecule has 3 fully saturated rings. The quantitative estimate of drug-likeness (QED) is 0.236. The van der Waals surface area contributed by atoms with Crippen LogP contribution in [0.15, 0.2) is 59.3 Å². The topological polar surface area (TPSA) is 145 Å². The predicted molar refractivity (Wildman–Crippen MR) is 179 cm³/mol. The van der Waals surface area contributed by atoms with Gasteiger partial charge >= 0.3 is 5.97 Å². The summed E-state index contributed by atoms with van der Waals surface area (Å²) in [7, 11) is 1.53. The Hall–Kier alpha value is -5.59. The lowest BCUT2D eigenvalue weighted by atomic mass is 9.90. The highest BCUT2D eigenvalue weighted by atomic mass is 19.3. The molecule has 0 unspecified atom stereocenters. The highest BCUT2D eigenvalue weighted by molar-refractivity contribution is 6.06. The first-order chi connectivity index (χ1) is 24.7. The number of morpholine rings is 1. The van der Waals surface area contributed by atoms with Crippen LogP contribution in [0.4, 0.5) is 20.3 Å². The Balaban J connectivity index is 1.16. The van der Waals surface area contributed by atoms with Gasteiger partial charge < -0.3 is 38.3 Å². The van der Waals surface area contributed by atoms with E-state index in [9.17, 15) is 18.7 Å². The summed E-state index contributed by atoms with van der Waals surface area (Å²) in [5.41, 5.74) is 2.08. The average Bonchev–Trinajstić information content (AvgIpc) is 3.72. The maximum atomic E-state index is 14.1. The summed E-state index contributed by atoms with van der Waals surface area (Å²) >= 11 is 0. The first-order valence-electron chi connectivity index (χ1n) is 16.4. The monoisotopic (exact) mass is 698 g/mol. The second kappa shape index (κ2) is 12.9. The highest BCUT2D eigenvalue weighted by Gasteiger charge is 2.50. The number of hydrogen-bond acceptors (Lipinski definition) is 12. The number of carboxylic acid groups (broad SMARTS) is 1. The minimum absolute atomic E-state index is 0.00270. The molecule has 3 saturated heterocycles. The number of benzene rings is 1. The van der Waals surface area contributed by atoms with Crippen LogP contribution in [0.1, 0.15) is 36.7 Å². The number of fused-ring (bicyclic) bond motifs is 3. The Morgan fingerprint density at radius 2 is 1.94 bits per heavy atom. The third kappa shape index (κ3) is 5.79. The number of para-hydroxylation sites is 1. The molecule has 0 radical (unpaired) electrons. The molecular formula is C36H32F2N6O7. The van der Waals surface area contributed by atoms with Crippen molar-refractivity contribution in [3.05, 3.63) is 71.8 Å². The maximum absolute atomic E-state index is 14.1. The fourth-order valence-corrected chi connectivity index (χ4v) is 6.89. The molecule has 0 saturated carbocycles. The molecule has 0 aliphatic carbocycles. The number of nitrogens with zero attached hydrogens (tertiary/aromatic N) is 6. The average molecular weight is 699 g/mol. The molecule has 8 rings (SSSR count). The van der Waals surface area contributed by atoms with Crippen molar-refractivity contribution < 1.29 is 42.0 Å². The second-order valence-electron chi connectivity index (χ2n) is 12.6. The summed E-state index contributed by atoms with van der Waals surface area (Å²) in [4.78, 5) is 33.3. The van der Waals surface area contributed by atoms with E-state index in [2.05, 4.69) is 43.6 Å². The number of hydrogen-bond donors (Lipinski definition) is 1. The van der Waals surface area contributed by atoms with E-state index in [0.29, 0.717) is 60.0 Å². The van der Waals surface area contributed by atoms with Gasteiger partial charge in [0.05, 0.1) is 45.1 Å². The van der Waals surface area contributed by atoms with Crippen LogP contribution < -0.4 is 19.3 Å². The summed E-state index contributed by atoms with van der Waals surface area (Å²) in [5.74, 6) is 4.99. The van der Waals surface area contributed by atoms with E-state index in [1.54, 1.807) is 48.8 Å². The lowest BCUT2D eigenvalue weighted by Gasteiger charge is -2.53. The van der Waals surface area contributed by atoms with E-state index >= 15 is 0 Å². The molecule has 13 nitrogen and oxygen atoms in total. The van der Waals surface area contributed by atoms with Crippen LogP contribution in [-0.4, -0.2) is 94.8 Å². The van der Waals surface area contributed by atoms with Crippen molar-refractivity contribution in [2.24, 2.45) is 0 Å². The zero-order valence-corrected chi connectivity index (χ0v) is 27.6. The van der Waals surface area contributed by atoms with Gasteiger partial charge in [-0.25, -0.2) is 33.5 Å². The van der Waals surface area contributed by atoms with Gasteiger partial charge in [-0.2, -0.15) is 0 Å². The molecule has 262 valence electrons. The fourth-order valence-electron chi connectivity index (χ4n) is 6.89. The van der Waals surface area contributed by atoms with E-state index in [-0.39, 0.29) is 41.8 Å². The Morgan fingerprint density at radius 3 is 2.71 bits per heavy atom. The van der Waals surface area contributed by atoms with Crippen LogP contribution in [0.25, 0.3) is 22.1 Å². The van der Waals surface area contributed by atoms with Gasteiger partial charge in [-0.15, -0.1) is 0 Å². The van der Waals surface area contributed by atoms with E-state index in [1.807, 2.05) is 6.07 Å². The maximum Gasteiger partial charge on any atom is 0.326 e. The normalized spacial score (nSPS) is 21.2. The van der Waals surface area contributed by atoms with Gasteiger partial charge in [-0.3, -0.25) is 0 Å². The van der Waals surface area contributed by atoms with Crippen molar-refractivity contribution in [2.45, 2.75) is 43.6 Å². The summed E-state index contributed by atoms with van der Waals surface area (Å²) < 4.78 is 57.8. The number of alkyl halides is 2. The third-order valence-corrected chi connectivity index (χ3v) is 9.60. The van der Waals surface area contributed by atoms with Gasteiger partial charge in [0.25, 0.3) is 6.43 Å². The van der Waals surface area contributed by atoms with Crippen LogP contribution in [-0.2, 0) is 14.3 Å². The van der Waals surface area contributed by atoms with Gasteiger partial charge in [0, 0.05) is 36.3 Å². The molecule has 3 aliphatic rings. The van der Waals surface area contributed by atoms with Crippen LogP contribution in [0.5, 0.6) is 11.8 Å². The first kappa shape index (κ1) is 32.6. The molecule has 1 N–H and O–H groups in total. The SMILES string of the molecule is COc1ncccc1C#Cc1cnc(O[C@H]2C[C@@H](C(=O)O)N(c3nc(C(F)F)nc4c3oc3ccccc34)C2)c(N2CCOC3(COC3)[C@@H]2C)c1. The molecule has 3 aliphatic heterocycles. The van der Waals surface area contributed by atoms with Crippen molar-refractivity contribution in [3.8, 4) is 23.6 Å². The molecule has 51 heavy (non-hydrogen) atoms. The molecule has 5 aromatic rings. The highest BCUT2D eigenvalue weighted by Crippen LogP contribution is 2.41. The lowest BCUT2D eigenvalue weighted by Crippen LogP contribution is -2.68. The zero-order chi connectivity index (χ0) is 35.3. The summed E-state index contributed by atoms with van der Waals surface area (Å²) in [6, 6.07) is 11.1. The number of anilines is 2. The van der Waals surface area contributed by atoms with Gasteiger partial charge in [-0.1, -0.05) is 24.0 Å². The predicted octanol–water partition coefficient (Wildman–Crippen LogP) is 4.62. The molecule has 1 aromatic carbocycles. The molecule has 0 amide bonds. The summed E-state index contributed by atoms with van der Waals surface area (Å²) in [6.07, 6.45) is -0.481. The number of rotatable bonds is 7. The molecule has 7 heterocycles. The van der Waals surface area contributed by atoms with Gasteiger partial charge in [0.15, 0.2) is 17.2 Å². The van der Waals surface area contributed by atoms with Crippen molar-refractivity contribution in [3.63, 3.8) is 0 Å². The number of ether oxygens (including phenoxy) is 4. The Morgan fingerprint density at radius 1 is 1.10 bits per heavy atom. The van der Waals surface area contributed by atoms with E-state index in [1.165, 1.54) is 12.0 Å². The molecule has 4 aromatic heterocycles. The minimum atomic E-state index is -2.99. The van der Waals surface area contributed by atoms with Crippen LogP contribution in [0.2, 0.25) is 0 Å². The lowest BCUT2D eigenvalue weighted by molar-refractivity contribution is -0.228. The Labute approximate surface area is 290 Å². The van der Waals surface area contributed by atoms with Crippen molar-refractivity contribution in [2.75, 3.05) is 49.8 Å². The molecule has 15 heteroatoms. The number of aromatic nitrogens is 4. The number of furan rings is 1. The Bertz CT molecular complexity index is 2200. The van der Waals surface area contributed by atoms with Crippen molar-refractivity contribution in [1.82, 2.24) is 19.9 Å². The summed E-state index contributed by atoms with van der Waals surface area (Å²) in [5, 5.41) is 10.9. The third-order valence-electron chi connectivity index (χ3n) is 9.60. The number of aliphatic carboxylic acids is 1. The molecule has 1 spiro atoms. The van der Waals surface area contributed by atoms with Crippen LogP contribution in [0, 0.1) is 11.8 Å².